The normalized spacial score (nSPS) is 10.2. The van der Waals surface area contributed by atoms with Crippen LogP contribution in [-0.4, -0.2) is 4.98 Å². The summed E-state index contributed by atoms with van der Waals surface area (Å²) in [6.45, 7) is 2.16. The Hall–Kier alpha value is -0.920. The third-order valence-electron chi connectivity index (χ3n) is 1.83. The van der Waals surface area contributed by atoms with E-state index in [0.717, 1.165) is 18.4 Å². The summed E-state index contributed by atoms with van der Waals surface area (Å²) in [7, 11) is 0. The molecule has 1 aromatic heterocycles. The molecule has 0 radical (unpaired) electrons. The molecule has 1 aromatic rings. The lowest BCUT2D eigenvalue weighted by Crippen LogP contribution is -1.88. The number of unbranched alkanes of at least 4 members (excludes halogenated alkanes) is 2. The molecule has 0 saturated carbocycles. The van der Waals surface area contributed by atoms with Gasteiger partial charge in [-0.15, -0.1) is 0 Å². The van der Waals surface area contributed by atoms with Gasteiger partial charge in [-0.1, -0.05) is 19.8 Å². The molecule has 0 unspecified atom stereocenters. The first kappa shape index (κ1) is 9.17. The summed E-state index contributed by atoms with van der Waals surface area (Å²) in [5, 5.41) is 0. The van der Waals surface area contributed by atoms with Gasteiger partial charge in [0.25, 0.3) is 0 Å². The van der Waals surface area contributed by atoms with Crippen LogP contribution in [0.25, 0.3) is 0 Å². The van der Waals surface area contributed by atoms with Crippen molar-refractivity contribution >= 4 is 0 Å². The van der Waals surface area contributed by atoms with E-state index < -0.39 is 0 Å². The van der Waals surface area contributed by atoms with Crippen molar-refractivity contribution < 1.29 is 4.39 Å². The second-order valence-corrected chi connectivity index (χ2v) is 2.97. The molecule has 0 N–H and O–H groups in total. The van der Waals surface area contributed by atoms with Gasteiger partial charge in [0, 0.05) is 6.20 Å². The van der Waals surface area contributed by atoms with Crippen LogP contribution in [0.15, 0.2) is 18.5 Å². The molecule has 0 aliphatic heterocycles. The lowest BCUT2D eigenvalue weighted by atomic mass is 10.1. The molecule has 2 heteroatoms. The Morgan fingerprint density at radius 3 is 2.83 bits per heavy atom. The molecule has 66 valence electrons. The zero-order chi connectivity index (χ0) is 8.81. The molecular formula is C10H14FN. The molecule has 0 aliphatic carbocycles. The Balaban J connectivity index is 2.41. The van der Waals surface area contributed by atoms with Gasteiger partial charge in [-0.05, 0) is 24.5 Å². The Bertz CT molecular complexity index is 235. The van der Waals surface area contributed by atoms with E-state index in [0.29, 0.717) is 0 Å². The monoisotopic (exact) mass is 167 g/mol. The van der Waals surface area contributed by atoms with E-state index >= 15 is 0 Å². The zero-order valence-corrected chi connectivity index (χ0v) is 7.39. The number of nitrogens with zero attached hydrogens (tertiary/aromatic N) is 1. The van der Waals surface area contributed by atoms with Gasteiger partial charge >= 0.3 is 0 Å². The Kier molecular flexibility index (Phi) is 3.71. The topological polar surface area (TPSA) is 12.9 Å². The molecule has 12 heavy (non-hydrogen) atoms. The van der Waals surface area contributed by atoms with Crippen molar-refractivity contribution in [1.29, 1.82) is 0 Å². The fourth-order valence-electron chi connectivity index (χ4n) is 1.17. The van der Waals surface area contributed by atoms with Crippen LogP contribution in [0, 0.1) is 5.82 Å². The number of halogens is 1. The second-order valence-electron chi connectivity index (χ2n) is 2.97. The van der Waals surface area contributed by atoms with E-state index in [4.69, 9.17) is 0 Å². The van der Waals surface area contributed by atoms with Crippen molar-refractivity contribution in [2.24, 2.45) is 0 Å². The van der Waals surface area contributed by atoms with Crippen LogP contribution < -0.4 is 0 Å². The Labute approximate surface area is 72.6 Å². The highest BCUT2D eigenvalue weighted by molar-refractivity contribution is 5.09. The predicted molar refractivity (Wildman–Crippen MR) is 47.4 cm³/mol. The first-order chi connectivity index (χ1) is 5.83. The number of pyridine rings is 1. The largest absolute Gasteiger partial charge is 0.261 e. The predicted octanol–water partition coefficient (Wildman–Crippen LogP) is 2.95. The number of rotatable bonds is 4. The lowest BCUT2D eigenvalue weighted by molar-refractivity contribution is 0.616. The Morgan fingerprint density at radius 1 is 1.33 bits per heavy atom. The smallest absolute Gasteiger partial charge is 0.141 e. The molecular weight excluding hydrogens is 153 g/mol. The lowest BCUT2D eigenvalue weighted by Gasteiger charge is -1.98. The molecule has 0 fully saturated rings. The van der Waals surface area contributed by atoms with Gasteiger partial charge in [0.1, 0.15) is 5.82 Å². The van der Waals surface area contributed by atoms with Crippen molar-refractivity contribution in [1.82, 2.24) is 4.98 Å². The average molecular weight is 167 g/mol. The maximum atomic E-state index is 12.6. The van der Waals surface area contributed by atoms with Crippen LogP contribution >= 0.6 is 0 Å². The van der Waals surface area contributed by atoms with Crippen molar-refractivity contribution in [3.05, 3.63) is 29.8 Å². The summed E-state index contributed by atoms with van der Waals surface area (Å²) in [6, 6.07) is 1.56. The number of hydrogen-bond acceptors (Lipinski definition) is 1. The third-order valence-corrected chi connectivity index (χ3v) is 1.83. The van der Waals surface area contributed by atoms with E-state index in [1.54, 1.807) is 12.3 Å². The van der Waals surface area contributed by atoms with Crippen molar-refractivity contribution in [2.45, 2.75) is 32.6 Å². The molecule has 0 bridgehead atoms. The zero-order valence-electron chi connectivity index (χ0n) is 7.39. The highest BCUT2D eigenvalue weighted by Crippen LogP contribution is 2.06. The van der Waals surface area contributed by atoms with Crippen LogP contribution in [0.5, 0.6) is 0 Å². The van der Waals surface area contributed by atoms with Gasteiger partial charge in [-0.3, -0.25) is 4.98 Å². The molecule has 0 spiro atoms. The molecule has 0 aliphatic rings. The minimum atomic E-state index is -0.232. The van der Waals surface area contributed by atoms with Gasteiger partial charge in [-0.2, -0.15) is 0 Å². The van der Waals surface area contributed by atoms with Gasteiger partial charge in [0.15, 0.2) is 0 Å². The Morgan fingerprint density at radius 2 is 2.17 bits per heavy atom. The number of aryl methyl sites for hydroxylation is 1. The van der Waals surface area contributed by atoms with Crippen molar-refractivity contribution in [3.63, 3.8) is 0 Å². The molecule has 0 atom stereocenters. The molecule has 1 rings (SSSR count). The highest BCUT2D eigenvalue weighted by Gasteiger charge is 1.95. The van der Waals surface area contributed by atoms with Gasteiger partial charge < -0.3 is 0 Å². The first-order valence-corrected chi connectivity index (χ1v) is 4.42. The van der Waals surface area contributed by atoms with Gasteiger partial charge in [-0.25, -0.2) is 4.39 Å². The summed E-state index contributed by atoms with van der Waals surface area (Å²) in [4.78, 5) is 3.79. The van der Waals surface area contributed by atoms with Crippen LogP contribution in [0.4, 0.5) is 4.39 Å². The average Bonchev–Trinajstić information content (AvgIpc) is 2.05. The third kappa shape index (κ3) is 2.99. The van der Waals surface area contributed by atoms with E-state index in [1.165, 1.54) is 19.0 Å². The van der Waals surface area contributed by atoms with Crippen LogP contribution in [0.3, 0.4) is 0 Å². The van der Waals surface area contributed by atoms with E-state index in [-0.39, 0.29) is 5.82 Å². The van der Waals surface area contributed by atoms with Crippen LogP contribution in [0.1, 0.15) is 31.7 Å². The standard InChI is InChI=1S/C10H14FN/c1-2-3-4-5-9-6-10(11)8-12-7-9/h6-8H,2-5H2,1H3. The van der Waals surface area contributed by atoms with Crippen LogP contribution in [-0.2, 0) is 6.42 Å². The molecule has 0 amide bonds. The van der Waals surface area contributed by atoms with E-state index in [2.05, 4.69) is 11.9 Å². The summed E-state index contributed by atoms with van der Waals surface area (Å²) in [6.07, 6.45) is 7.45. The van der Waals surface area contributed by atoms with Gasteiger partial charge in [0.05, 0.1) is 6.20 Å². The van der Waals surface area contributed by atoms with Crippen molar-refractivity contribution in [2.75, 3.05) is 0 Å². The summed E-state index contributed by atoms with van der Waals surface area (Å²) in [5.41, 5.74) is 1.00. The maximum absolute atomic E-state index is 12.6. The fourth-order valence-corrected chi connectivity index (χ4v) is 1.17. The maximum Gasteiger partial charge on any atom is 0.141 e. The van der Waals surface area contributed by atoms with E-state index in [1.807, 2.05) is 0 Å². The highest BCUT2D eigenvalue weighted by atomic mass is 19.1. The van der Waals surface area contributed by atoms with Crippen molar-refractivity contribution in [3.8, 4) is 0 Å². The molecule has 1 heterocycles. The number of aromatic nitrogens is 1. The first-order valence-electron chi connectivity index (χ1n) is 4.42. The summed E-state index contributed by atoms with van der Waals surface area (Å²) < 4.78 is 12.6. The fraction of sp³-hybridized carbons (Fsp3) is 0.500. The molecule has 1 nitrogen and oxygen atoms in total. The minimum absolute atomic E-state index is 0.232. The summed E-state index contributed by atoms with van der Waals surface area (Å²) in [5.74, 6) is -0.232. The summed E-state index contributed by atoms with van der Waals surface area (Å²) >= 11 is 0. The quantitative estimate of drug-likeness (QED) is 0.628. The second kappa shape index (κ2) is 4.86. The minimum Gasteiger partial charge on any atom is -0.261 e. The van der Waals surface area contributed by atoms with E-state index in [9.17, 15) is 4.39 Å². The SMILES string of the molecule is CCCCCc1cncc(F)c1. The molecule has 0 aromatic carbocycles. The number of hydrogen-bond donors (Lipinski definition) is 0. The molecule has 0 saturated heterocycles. The van der Waals surface area contributed by atoms with Crippen LogP contribution in [0.2, 0.25) is 0 Å². The van der Waals surface area contributed by atoms with Gasteiger partial charge in [0.2, 0.25) is 0 Å².